The highest BCUT2D eigenvalue weighted by Gasteiger charge is 2.37. The molecule has 1 heterocycles. The van der Waals surface area contributed by atoms with Gasteiger partial charge in [-0.1, -0.05) is 51.9 Å². The van der Waals surface area contributed by atoms with Crippen molar-refractivity contribution < 1.29 is 22.7 Å². The minimum absolute atomic E-state index is 0.139. The highest BCUT2D eigenvalue weighted by atomic mass is 19.4. The lowest BCUT2D eigenvalue weighted by Crippen LogP contribution is -2.17. The number of carbonyl (C=O) groups excluding carboxylic acids is 1. The van der Waals surface area contributed by atoms with E-state index in [-0.39, 0.29) is 6.61 Å². The number of rotatable bonds is 10. The standard InChI is InChI=1S/C17H24F3NO2/c1-2-3-4-5-6-7-8-9-13-23-16(22)14-11-10-12-21-15(14)17(18,19)20/h10-12H,2-9,13H2,1H3. The summed E-state index contributed by atoms with van der Waals surface area (Å²) in [5, 5.41) is 0. The molecule has 1 aromatic rings. The van der Waals surface area contributed by atoms with Crippen LogP contribution in [-0.4, -0.2) is 17.6 Å². The summed E-state index contributed by atoms with van der Waals surface area (Å²) in [7, 11) is 0. The monoisotopic (exact) mass is 331 g/mol. The second-order valence-corrected chi connectivity index (χ2v) is 5.51. The van der Waals surface area contributed by atoms with Gasteiger partial charge in [0.15, 0.2) is 5.69 Å². The summed E-state index contributed by atoms with van der Waals surface area (Å²) in [6.45, 7) is 2.31. The van der Waals surface area contributed by atoms with Crippen LogP contribution in [-0.2, 0) is 10.9 Å². The molecule has 3 nitrogen and oxygen atoms in total. The van der Waals surface area contributed by atoms with Crippen molar-refractivity contribution in [3.05, 3.63) is 29.6 Å². The Bertz CT molecular complexity index is 475. The number of esters is 1. The first-order valence-corrected chi connectivity index (χ1v) is 8.16. The molecule has 0 unspecified atom stereocenters. The second-order valence-electron chi connectivity index (χ2n) is 5.51. The van der Waals surface area contributed by atoms with Crippen LogP contribution >= 0.6 is 0 Å². The third-order valence-electron chi connectivity index (χ3n) is 3.53. The summed E-state index contributed by atoms with van der Waals surface area (Å²) < 4.78 is 43.2. The van der Waals surface area contributed by atoms with Gasteiger partial charge in [-0.2, -0.15) is 13.2 Å². The molecule has 0 radical (unpaired) electrons. The van der Waals surface area contributed by atoms with Gasteiger partial charge in [0.1, 0.15) is 0 Å². The molecule has 0 amide bonds. The van der Waals surface area contributed by atoms with Crippen molar-refractivity contribution in [1.29, 1.82) is 0 Å². The fourth-order valence-electron chi connectivity index (χ4n) is 2.27. The van der Waals surface area contributed by atoms with Gasteiger partial charge < -0.3 is 4.74 Å². The van der Waals surface area contributed by atoms with Gasteiger partial charge in [0, 0.05) is 6.20 Å². The highest BCUT2D eigenvalue weighted by Crippen LogP contribution is 2.30. The molecular weight excluding hydrogens is 307 g/mol. The Hall–Kier alpha value is -1.59. The molecule has 0 N–H and O–H groups in total. The summed E-state index contributed by atoms with van der Waals surface area (Å²) in [6, 6.07) is 2.38. The third-order valence-corrected chi connectivity index (χ3v) is 3.53. The van der Waals surface area contributed by atoms with E-state index < -0.39 is 23.4 Å². The summed E-state index contributed by atoms with van der Waals surface area (Å²) >= 11 is 0. The normalized spacial score (nSPS) is 11.5. The molecule has 130 valence electrons. The van der Waals surface area contributed by atoms with Gasteiger partial charge >= 0.3 is 12.1 Å². The quantitative estimate of drug-likeness (QED) is 0.426. The van der Waals surface area contributed by atoms with Crippen LogP contribution in [0.1, 0.15) is 74.3 Å². The largest absolute Gasteiger partial charge is 0.462 e. The highest BCUT2D eigenvalue weighted by molar-refractivity contribution is 5.90. The fraction of sp³-hybridized carbons (Fsp3) is 0.647. The third kappa shape index (κ3) is 7.48. The van der Waals surface area contributed by atoms with Crippen LogP contribution < -0.4 is 0 Å². The molecule has 1 aromatic heterocycles. The summed E-state index contributed by atoms with van der Waals surface area (Å²) in [4.78, 5) is 15.0. The molecule has 0 saturated carbocycles. The molecule has 0 bridgehead atoms. The Morgan fingerprint density at radius 3 is 2.30 bits per heavy atom. The number of carbonyl (C=O) groups is 1. The topological polar surface area (TPSA) is 39.2 Å². The lowest BCUT2D eigenvalue weighted by molar-refractivity contribution is -0.141. The van der Waals surface area contributed by atoms with Crippen LogP contribution in [0.15, 0.2) is 18.3 Å². The zero-order valence-electron chi connectivity index (χ0n) is 13.5. The minimum Gasteiger partial charge on any atom is -0.462 e. The Kier molecular flexibility index (Phi) is 8.66. The smallest absolute Gasteiger partial charge is 0.434 e. The fourth-order valence-corrected chi connectivity index (χ4v) is 2.27. The zero-order chi connectivity index (χ0) is 17.1. The Morgan fingerprint density at radius 2 is 1.70 bits per heavy atom. The van der Waals surface area contributed by atoms with E-state index in [2.05, 4.69) is 11.9 Å². The van der Waals surface area contributed by atoms with E-state index in [1.165, 1.54) is 31.7 Å². The summed E-state index contributed by atoms with van der Waals surface area (Å²) in [6.07, 6.45) is 5.06. The maximum Gasteiger partial charge on any atom is 0.434 e. The second kappa shape index (κ2) is 10.2. The molecule has 6 heteroatoms. The van der Waals surface area contributed by atoms with Gasteiger partial charge in [-0.05, 0) is 18.6 Å². The van der Waals surface area contributed by atoms with E-state index in [4.69, 9.17) is 4.74 Å². The first-order chi connectivity index (χ1) is 11.0. The van der Waals surface area contributed by atoms with Gasteiger partial charge in [-0.25, -0.2) is 4.79 Å². The van der Waals surface area contributed by atoms with Crippen molar-refractivity contribution in [1.82, 2.24) is 4.98 Å². The van der Waals surface area contributed by atoms with Crippen molar-refractivity contribution >= 4 is 5.97 Å². The molecule has 1 rings (SSSR count). The predicted octanol–water partition coefficient (Wildman–Crippen LogP) is 5.40. The lowest BCUT2D eigenvalue weighted by atomic mass is 10.1. The van der Waals surface area contributed by atoms with E-state index in [0.29, 0.717) is 6.42 Å². The molecule has 0 aliphatic carbocycles. The Balaban J connectivity index is 2.28. The van der Waals surface area contributed by atoms with Gasteiger partial charge in [0.2, 0.25) is 0 Å². The predicted molar refractivity (Wildman–Crippen MR) is 82.1 cm³/mol. The molecule has 0 saturated heterocycles. The van der Waals surface area contributed by atoms with Crippen molar-refractivity contribution in [2.24, 2.45) is 0 Å². The number of aromatic nitrogens is 1. The van der Waals surface area contributed by atoms with Crippen LogP contribution in [0, 0.1) is 0 Å². The first-order valence-electron chi connectivity index (χ1n) is 8.16. The SMILES string of the molecule is CCCCCCCCCCOC(=O)c1cccnc1C(F)(F)F. The van der Waals surface area contributed by atoms with Crippen LogP contribution in [0.3, 0.4) is 0 Å². The van der Waals surface area contributed by atoms with Crippen LogP contribution in [0.5, 0.6) is 0 Å². The number of ether oxygens (including phenoxy) is 1. The molecule has 0 fully saturated rings. The van der Waals surface area contributed by atoms with Crippen LogP contribution in [0.4, 0.5) is 13.2 Å². The first kappa shape index (κ1) is 19.5. The van der Waals surface area contributed by atoms with Crippen LogP contribution in [0.2, 0.25) is 0 Å². The molecule has 0 aliphatic heterocycles. The van der Waals surface area contributed by atoms with E-state index in [0.717, 1.165) is 31.5 Å². The number of hydrogen-bond acceptors (Lipinski definition) is 3. The van der Waals surface area contributed by atoms with E-state index in [1.807, 2.05) is 0 Å². The Labute approximate surface area is 135 Å². The number of alkyl halides is 3. The molecule has 0 aliphatic rings. The summed E-state index contributed by atoms with van der Waals surface area (Å²) in [5.41, 5.74) is -1.72. The van der Waals surface area contributed by atoms with Gasteiger partial charge in [-0.3, -0.25) is 4.98 Å². The van der Waals surface area contributed by atoms with Gasteiger partial charge in [-0.15, -0.1) is 0 Å². The average Bonchev–Trinajstić information content (AvgIpc) is 2.52. The lowest BCUT2D eigenvalue weighted by Gasteiger charge is -2.11. The van der Waals surface area contributed by atoms with Gasteiger partial charge in [0.05, 0.1) is 12.2 Å². The number of unbranched alkanes of at least 4 members (excludes halogenated alkanes) is 7. The zero-order valence-corrected chi connectivity index (χ0v) is 13.5. The molecular formula is C17H24F3NO2. The van der Waals surface area contributed by atoms with Crippen molar-refractivity contribution in [2.75, 3.05) is 6.61 Å². The van der Waals surface area contributed by atoms with Crippen molar-refractivity contribution in [3.63, 3.8) is 0 Å². The summed E-state index contributed by atoms with van der Waals surface area (Å²) in [5.74, 6) is -0.964. The number of nitrogens with zero attached hydrogens (tertiary/aromatic N) is 1. The number of hydrogen-bond donors (Lipinski definition) is 0. The number of pyridine rings is 1. The van der Waals surface area contributed by atoms with E-state index in [1.54, 1.807) is 0 Å². The van der Waals surface area contributed by atoms with Crippen molar-refractivity contribution in [2.45, 2.75) is 64.5 Å². The maximum atomic E-state index is 12.8. The molecule has 23 heavy (non-hydrogen) atoms. The van der Waals surface area contributed by atoms with Gasteiger partial charge in [0.25, 0.3) is 0 Å². The molecule has 0 aromatic carbocycles. The molecule has 0 spiro atoms. The maximum absolute atomic E-state index is 12.8. The Morgan fingerprint density at radius 1 is 1.09 bits per heavy atom. The molecule has 0 atom stereocenters. The van der Waals surface area contributed by atoms with E-state index >= 15 is 0 Å². The van der Waals surface area contributed by atoms with Crippen molar-refractivity contribution in [3.8, 4) is 0 Å². The van der Waals surface area contributed by atoms with E-state index in [9.17, 15) is 18.0 Å². The average molecular weight is 331 g/mol. The number of halogens is 3. The van der Waals surface area contributed by atoms with Crippen LogP contribution in [0.25, 0.3) is 0 Å². The minimum atomic E-state index is -4.66.